The van der Waals surface area contributed by atoms with Gasteiger partial charge in [-0.15, -0.1) is 0 Å². The first-order chi connectivity index (χ1) is 3.68. The van der Waals surface area contributed by atoms with Gasteiger partial charge in [-0.25, -0.2) is 8.78 Å². The molecule has 0 heterocycles. The summed E-state index contributed by atoms with van der Waals surface area (Å²) >= 11 is 0. The maximum atomic E-state index is 11.1. The van der Waals surface area contributed by atoms with Crippen molar-refractivity contribution in [3.63, 3.8) is 0 Å². The van der Waals surface area contributed by atoms with Crippen LogP contribution in [0.1, 0.15) is 0 Å². The third-order valence-corrected chi connectivity index (χ3v) is 0.422. The molecule has 5 heteroatoms. The fraction of sp³-hybridized carbons (Fsp3) is 0.250. The van der Waals surface area contributed by atoms with Crippen LogP contribution in [-0.4, -0.2) is 6.43 Å². The van der Waals surface area contributed by atoms with Crippen LogP contribution < -0.4 is 34.7 Å². The second kappa shape index (κ2) is 6.02. The summed E-state index contributed by atoms with van der Waals surface area (Å²) in [6.45, 7) is 0. The Balaban J connectivity index is 0. The van der Waals surface area contributed by atoms with E-state index >= 15 is 0 Å². The van der Waals surface area contributed by atoms with E-state index in [0.29, 0.717) is 0 Å². The number of hydrogen-bond acceptors (Lipinski definition) is 2. The van der Waals surface area contributed by atoms with Gasteiger partial charge in [0.25, 0.3) is 6.43 Å². The van der Waals surface area contributed by atoms with Crippen LogP contribution in [0.2, 0.25) is 0 Å². The van der Waals surface area contributed by atoms with E-state index in [1.807, 2.05) is 0 Å². The van der Waals surface area contributed by atoms with Crippen LogP contribution in [0.3, 0.4) is 0 Å². The van der Waals surface area contributed by atoms with Crippen LogP contribution in [0.4, 0.5) is 8.78 Å². The fourth-order valence-electron chi connectivity index (χ4n) is 0.127. The van der Waals surface area contributed by atoms with Gasteiger partial charge in [0.15, 0.2) is 0 Å². The zero-order valence-corrected chi connectivity index (χ0v) is 6.77. The van der Waals surface area contributed by atoms with Crippen molar-refractivity contribution in [2.75, 3.05) is 0 Å². The normalized spacial score (nSPS) is 10.2. The molecule has 0 aliphatic heterocycles. The molecule has 0 rings (SSSR count). The Morgan fingerprint density at radius 2 is 2.11 bits per heavy atom. The Hall–Kier alpha value is -0.110. The number of hydrogen-bond donors (Lipinski definition) is 0. The van der Waals surface area contributed by atoms with Gasteiger partial charge in [0.2, 0.25) is 0 Å². The molecule has 2 nitrogen and oxygen atoms in total. The minimum absolute atomic E-state index is 0. The number of nitrogens with zero attached hydrogens (tertiary/aromatic N) is 1. The molecule has 0 saturated carbocycles. The molecule has 0 amide bonds. The van der Waals surface area contributed by atoms with Gasteiger partial charge in [-0.1, -0.05) is 5.76 Å². The monoisotopic (exact) mass is 141 g/mol. The average molecular weight is 141 g/mol. The molecular formula is C4H2F2NNaO. The average Bonchev–Trinajstić information content (AvgIpc) is 1.67. The molecule has 0 spiro atoms. The summed E-state index contributed by atoms with van der Waals surface area (Å²) in [6, 6.07) is 1.19. The second-order valence-corrected chi connectivity index (χ2v) is 0.977. The molecule has 0 aromatic carbocycles. The minimum atomic E-state index is -3.05. The molecule has 0 fully saturated rings. The van der Waals surface area contributed by atoms with Crippen molar-refractivity contribution < 1.29 is 43.4 Å². The number of halogens is 2. The van der Waals surface area contributed by atoms with Crippen LogP contribution in [0, 0.1) is 11.3 Å². The predicted octanol–water partition coefficient (Wildman–Crippen LogP) is -2.98. The summed E-state index contributed by atoms with van der Waals surface area (Å²) in [5.74, 6) is -1.44. The minimum Gasteiger partial charge on any atom is -0.871 e. The van der Waals surface area contributed by atoms with Gasteiger partial charge in [0, 0.05) is 6.08 Å². The van der Waals surface area contributed by atoms with E-state index in [4.69, 9.17) is 5.26 Å². The van der Waals surface area contributed by atoms with E-state index in [-0.39, 0.29) is 35.6 Å². The third kappa shape index (κ3) is 5.77. The Morgan fingerprint density at radius 1 is 1.67 bits per heavy atom. The zero-order chi connectivity index (χ0) is 6.57. The summed E-state index contributed by atoms with van der Waals surface area (Å²) < 4.78 is 22.2. The van der Waals surface area contributed by atoms with Crippen molar-refractivity contribution in [3.05, 3.63) is 11.8 Å². The number of rotatable bonds is 1. The summed E-state index contributed by atoms with van der Waals surface area (Å²) in [4.78, 5) is 0. The summed E-state index contributed by atoms with van der Waals surface area (Å²) in [7, 11) is 0. The Morgan fingerprint density at radius 3 is 2.22 bits per heavy atom. The topological polar surface area (TPSA) is 46.8 Å². The Bertz CT molecular complexity index is 140. The van der Waals surface area contributed by atoms with Crippen molar-refractivity contribution in [2.24, 2.45) is 0 Å². The van der Waals surface area contributed by atoms with Crippen molar-refractivity contribution in [1.29, 1.82) is 5.26 Å². The fourth-order valence-corrected chi connectivity index (χ4v) is 0.127. The van der Waals surface area contributed by atoms with Gasteiger partial charge < -0.3 is 5.11 Å². The SMILES string of the molecule is N#CC=C([O-])C(F)F.[Na+]. The number of nitriles is 1. The Labute approximate surface area is 73.1 Å². The maximum absolute atomic E-state index is 11.1. The number of alkyl halides is 2. The largest absolute Gasteiger partial charge is 1.00 e. The van der Waals surface area contributed by atoms with Gasteiger partial charge in [-0.3, -0.25) is 0 Å². The summed E-state index contributed by atoms with van der Waals surface area (Å²) in [6.07, 6.45) is -2.76. The van der Waals surface area contributed by atoms with E-state index in [2.05, 4.69) is 0 Å². The van der Waals surface area contributed by atoms with Gasteiger partial charge in [-0.05, 0) is 0 Å². The van der Waals surface area contributed by atoms with Crippen molar-refractivity contribution in [3.8, 4) is 6.07 Å². The zero-order valence-electron chi connectivity index (χ0n) is 4.77. The Kier molecular flexibility index (Phi) is 7.79. The van der Waals surface area contributed by atoms with Crippen molar-refractivity contribution in [1.82, 2.24) is 0 Å². The molecule has 9 heavy (non-hydrogen) atoms. The molecule has 0 aromatic rings. The van der Waals surface area contributed by atoms with Gasteiger partial charge in [-0.2, -0.15) is 5.26 Å². The van der Waals surface area contributed by atoms with Crippen LogP contribution >= 0.6 is 0 Å². The summed E-state index contributed by atoms with van der Waals surface area (Å²) in [5.41, 5.74) is 0. The van der Waals surface area contributed by atoms with E-state index in [0.717, 1.165) is 0 Å². The van der Waals surface area contributed by atoms with Gasteiger partial charge in [0.05, 0.1) is 6.07 Å². The van der Waals surface area contributed by atoms with E-state index in [1.54, 1.807) is 0 Å². The number of allylic oxidation sites excluding steroid dienone is 2. The predicted molar refractivity (Wildman–Crippen MR) is 19.7 cm³/mol. The molecule has 0 bridgehead atoms. The molecule has 0 aromatic heterocycles. The smallest absolute Gasteiger partial charge is 0.871 e. The quantitative estimate of drug-likeness (QED) is 0.222. The molecule has 0 atom stereocenters. The van der Waals surface area contributed by atoms with Crippen LogP contribution in [-0.2, 0) is 0 Å². The molecule has 0 unspecified atom stereocenters. The van der Waals surface area contributed by atoms with Crippen LogP contribution in [0.15, 0.2) is 11.8 Å². The standard InChI is InChI=1S/C4H3F2NO.Na/c5-4(6)3(8)1-2-7;/h1,4,8H;/q;+1/p-1. The third-order valence-electron chi connectivity index (χ3n) is 0.422. The summed E-state index contributed by atoms with van der Waals surface area (Å²) in [5, 5.41) is 17.3. The molecule has 0 aliphatic carbocycles. The molecule has 0 radical (unpaired) electrons. The van der Waals surface area contributed by atoms with Crippen molar-refractivity contribution >= 4 is 0 Å². The first-order valence-corrected chi connectivity index (χ1v) is 1.73. The maximum Gasteiger partial charge on any atom is 1.00 e. The first kappa shape index (κ1) is 11.7. The first-order valence-electron chi connectivity index (χ1n) is 1.73. The molecule has 44 valence electrons. The molecule has 0 saturated heterocycles. The van der Waals surface area contributed by atoms with Crippen LogP contribution in [0.25, 0.3) is 0 Å². The van der Waals surface area contributed by atoms with E-state index in [9.17, 15) is 13.9 Å². The molecule has 0 aliphatic rings. The van der Waals surface area contributed by atoms with Gasteiger partial charge in [0.1, 0.15) is 0 Å². The van der Waals surface area contributed by atoms with Crippen LogP contribution in [0.5, 0.6) is 0 Å². The van der Waals surface area contributed by atoms with E-state index < -0.39 is 12.2 Å². The molecule has 0 N–H and O–H groups in total. The second-order valence-electron chi connectivity index (χ2n) is 0.977. The van der Waals surface area contributed by atoms with Crippen molar-refractivity contribution in [2.45, 2.75) is 6.43 Å². The van der Waals surface area contributed by atoms with Gasteiger partial charge >= 0.3 is 29.6 Å². The van der Waals surface area contributed by atoms with E-state index in [1.165, 1.54) is 6.07 Å². The molecular weight excluding hydrogens is 139 g/mol.